The molecule has 2 rings (SSSR count). The zero-order valence-corrected chi connectivity index (χ0v) is 13.3. The van der Waals surface area contributed by atoms with E-state index in [4.69, 9.17) is 0 Å². The van der Waals surface area contributed by atoms with Crippen molar-refractivity contribution in [2.24, 2.45) is 0 Å². The molecule has 0 aromatic carbocycles. The third-order valence-corrected chi connectivity index (χ3v) is 3.51. The Labute approximate surface area is 125 Å². The minimum Gasteiger partial charge on any atom is -0.258 e. The fraction of sp³-hybridized carbons (Fsp3) is 0.471. The molecule has 0 radical (unpaired) electrons. The van der Waals surface area contributed by atoms with Crippen LogP contribution in [0.3, 0.4) is 0 Å². The molecule has 2 aromatic heterocycles. The molecule has 0 amide bonds. The van der Waals surface area contributed by atoms with E-state index < -0.39 is 5.41 Å². The Morgan fingerprint density at radius 2 is 1.71 bits per heavy atom. The minimum atomic E-state index is -0.427. The monoisotopic (exact) mass is 287 g/mol. The van der Waals surface area contributed by atoms with Crippen molar-refractivity contribution in [1.82, 2.24) is 15.2 Å². The maximum absolute atomic E-state index is 13.9. The van der Waals surface area contributed by atoms with Crippen LogP contribution in [0.4, 0.5) is 4.39 Å². The molecule has 112 valence electrons. The van der Waals surface area contributed by atoms with Crippen LogP contribution in [0, 0.1) is 5.82 Å². The molecule has 0 aliphatic carbocycles. The molecule has 2 aromatic rings. The van der Waals surface area contributed by atoms with Gasteiger partial charge in [0.15, 0.2) is 0 Å². The van der Waals surface area contributed by atoms with Crippen molar-refractivity contribution in [3.63, 3.8) is 0 Å². The normalized spacial score (nSPS) is 12.5. The summed E-state index contributed by atoms with van der Waals surface area (Å²) in [5.74, 6) is -0.276. The molecule has 4 heteroatoms. The molecule has 0 atom stereocenters. The summed E-state index contributed by atoms with van der Waals surface area (Å²) < 4.78 is 13.9. The van der Waals surface area contributed by atoms with Crippen molar-refractivity contribution in [1.29, 1.82) is 0 Å². The van der Waals surface area contributed by atoms with E-state index in [0.717, 1.165) is 11.4 Å². The fourth-order valence-electron chi connectivity index (χ4n) is 2.27. The van der Waals surface area contributed by atoms with Gasteiger partial charge in [0.1, 0.15) is 5.82 Å². The fourth-order valence-corrected chi connectivity index (χ4v) is 2.27. The smallest absolute Gasteiger partial charge is 0.145 e. The molecule has 2 heterocycles. The van der Waals surface area contributed by atoms with Gasteiger partial charge in [-0.15, -0.1) is 0 Å². The van der Waals surface area contributed by atoms with Crippen LogP contribution in [0.5, 0.6) is 0 Å². The maximum Gasteiger partial charge on any atom is 0.145 e. The van der Waals surface area contributed by atoms with E-state index in [1.165, 1.54) is 6.07 Å². The quantitative estimate of drug-likeness (QED) is 0.861. The molecular weight excluding hydrogens is 265 g/mol. The molecule has 0 bridgehead atoms. The third kappa shape index (κ3) is 3.63. The molecule has 21 heavy (non-hydrogen) atoms. The van der Waals surface area contributed by atoms with Crippen LogP contribution in [0.2, 0.25) is 0 Å². The molecular formula is C17H22FN3. The van der Waals surface area contributed by atoms with Crippen LogP contribution in [0.15, 0.2) is 30.5 Å². The van der Waals surface area contributed by atoms with Crippen LogP contribution in [0.25, 0.3) is 0 Å². The Hall–Kier alpha value is -1.84. The summed E-state index contributed by atoms with van der Waals surface area (Å²) in [5, 5.41) is 8.57. The number of nitrogens with zero attached hydrogens (tertiary/aromatic N) is 3. The van der Waals surface area contributed by atoms with E-state index >= 15 is 0 Å². The van der Waals surface area contributed by atoms with Crippen molar-refractivity contribution in [2.75, 3.05) is 0 Å². The first-order valence-electron chi connectivity index (χ1n) is 7.14. The first-order chi connectivity index (χ1) is 9.70. The van der Waals surface area contributed by atoms with Crippen molar-refractivity contribution in [3.8, 4) is 0 Å². The second-order valence-electron chi connectivity index (χ2n) is 7.05. The molecule has 3 nitrogen and oxygen atoms in total. The summed E-state index contributed by atoms with van der Waals surface area (Å²) in [5.41, 5.74) is 1.81. The second-order valence-corrected chi connectivity index (χ2v) is 7.05. The van der Waals surface area contributed by atoms with Gasteiger partial charge < -0.3 is 0 Å². The van der Waals surface area contributed by atoms with Crippen molar-refractivity contribution >= 4 is 0 Å². The zero-order valence-electron chi connectivity index (χ0n) is 13.3. The second kappa shape index (κ2) is 5.51. The number of hydrogen-bond acceptors (Lipinski definition) is 3. The van der Waals surface area contributed by atoms with E-state index in [-0.39, 0.29) is 11.2 Å². The Bertz CT molecular complexity index is 613. The number of aromatic nitrogens is 3. The summed E-state index contributed by atoms with van der Waals surface area (Å²) in [6, 6.07) is 7.01. The Balaban J connectivity index is 2.23. The molecule has 0 N–H and O–H groups in total. The summed E-state index contributed by atoms with van der Waals surface area (Å²) in [6.07, 6.45) is 2.22. The van der Waals surface area contributed by atoms with Gasteiger partial charge in [0.05, 0.1) is 17.1 Å². The van der Waals surface area contributed by atoms with Gasteiger partial charge in [0, 0.05) is 23.4 Å². The average Bonchev–Trinajstić information content (AvgIpc) is 2.38. The van der Waals surface area contributed by atoms with Crippen LogP contribution < -0.4 is 0 Å². The number of hydrogen-bond donors (Lipinski definition) is 0. The van der Waals surface area contributed by atoms with E-state index in [9.17, 15) is 4.39 Å². The summed E-state index contributed by atoms with van der Waals surface area (Å²) >= 11 is 0. The first-order valence-corrected chi connectivity index (χ1v) is 7.14. The van der Waals surface area contributed by atoms with Gasteiger partial charge in [-0.25, -0.2) is 4.39 Å². The highest BCUT2D eigenvalue weighted by Crippen LogP contribution is 2.27. The van der Waals surface area contributed by atoms with Gasteiger partial charge in [-0.2, -0.15) is 10.2 Å². The van der Waals surface area contributed by atoms with Gasteiger partial charge in [0.25, 0.3) is 0 Å². The van der Waals surface area contributed by atoms with Gasteiger partial charge in [0.2, 0.25) is 0 Å². The van der Waals surface area contributed by atoms with Crippen LogP contribution in [-0.4, -0.2) is 15.2 Å². The van der Waals surface area contributed by atoms with Gasteiger partial charge in [-0.05, 0) is 24.3 Å². The highest BCUT2D eigenvalue weighted by atomic mass is 19.1. The number of rotatable bonds is 3. The summed E-state index contributed by atoms with van der Waals surface area (Å²) in [4.78, 5) is 4.18. The Kier molecular flexibility index (Phi) is 4.08. The summed E-state index contributed by atoms with van der Waals surface area (Å²) in [6.45, 7) is 10.2. The standard InChI is InChI=1S/C17H22FN3/c1-16(2,3)14-9-8-12(20-21-14)11-17(4,5)15-13(18)7-6-10-19-15/h6-10H,11H2,1-5H3. The molecule has 0 spiro atoms. The van der Waals surface area contributed by atoms with E-state index in [1.807, 2.05) is 26.0 Å². The van der Waals surface area contributed by atoms with Crippen molar-refractivity contribution < 1.29 is 4.39 Å². The zero-order chi connectivity index (χ0) is 15.7. The van der Waals surface area contributed by atoms with Crippen molar-refractivity contribution in [3.05, 3.63) is 53.4 Å². The van der Waals surface area contributed by atoms with Crippen LogP contribution >= 0.6 is 0 Å². The molecule has 0 saturated heterocycles. The Morgan fingerprint density at radius 3 is 2.24 bits per heavy atom. The number of halogens is 1. The van der Waals surface area contributed by atoms with Gasteiger partial charge >= 0.3 is 0 Å². The Morgan fingerprint density at radius 1 is 1.00 bits per heavy atom. The van der Waals surface area contributed by atoms with Gasteiger partial charge in [-0.3, -0.25) is 4.98 Å². The van der Waals surface area contributed by atoms with E-state index in [1.54, 1.807) is 12.3 Å². The lowest BCUT2D eigenvalue weighted by molar-refractivity contribution is 0.455. The predicted octanol–water partition coefficient (Wildman–Crippen LogP) is 3.83. The maximum atomic E-state index is 13.9. The highest BCUT2D eigenvalue weighted by molar-refractivity contribution is 5.21. The lowest BCUT2D eigenvalue weighted by atomic mass is 9.83. The molecule has 0 saturated carbocycles. The van der Waals surface area contributed by atoms with Crippen LogP contribution in [0.1, 0.15) is 51.7 Å². The molecule has 0 fully saturated rings. The topological polar surface area (TPSA) is 38.7 Å². The summed E-state index contributed by atoms with van der Waals surface area (Å²) in [7, 11) is 0. The minimum absolute atomic E-state index is 0.0197. The lowest BCUT2D eigenvalue weighted by Crippen LogP contribution is -2.25. The van der Waals surface area contributed by atoms with E-state index in [0.29, 0.717) is 12.1 Å². The molecule has 0 unspecified atom stereocenters. The molecule has 0 aliphatic heterocycles. The SMILES string of the molecule is CC(C)(C)c1ccc(CC(C)(C)c2ncccc2F)nn1. The largest absolute Gasteiger partial charge is 0.258 e. The highest BCUT2D eigenvalue weighted by Gasteiger charge is 2.27. The van der Waals surface area contributed by atoms with Crippen molar-refractivity contribution in [2.45, 2.75) is 51.9 Å². The average molecular weight is 287 g/mol. The molecule has 0 aliphatic rings. The van der Waals surface area contributed by atoms with Gasteiger partial charge in [-0.1, -0.05) is 34.6 Å². The van der Waals surface area contributed by atoms with Crippen LogP contribution in [-0.2, 0) is 17.3 Å². The third-order valence-electron chi connectivity index (χ3n) is 3.51. The van der Waals surface area contributed by atoms with E-state index in [2.05, 4.69) is 36.0 Å². The number of pyridine rings is 1. The lowest BCUT2D eigenvalue weighted by Gasteiger charge is -2.24. The first kappa shape index (κ1) is 15.5. The predicted molar refractivity (Wildman–Crippen MR) is 81.7 cm³/mol.